The first-order valence-electron chi connectivity index (χ1n) is 7.85. The van der Waals surface area contributed by atoms with Gasteiger partial charge < -0.3 is 15.4 Å². The lowest BCUT2D eigenvalue weighted by Crippen LogP contribution is -2.45. The molecule has 0 aromatic heterocycles. The van der Waals surface area contributed by atoms with Crippen LogP contribution in [0.1, 0.15) is 36.5 Å². The monoisotopic (exact) mass is 308 g/mol. The number of ether oxygens (including phenoxy) is 1. The fraction of sp³-hybridized carbons (Fsp3) is 0.588. The van der Waals surface area contributed by atoms with Crippen molar-refractivity contribution in [2.24, 2.45) is 5.92 Å². The van der Waals surface area contributed by atoms with Crippen molar-refractivity contribution in [3.63, 3.8) is 0 Å². The molecule has 5 heteroatoms. The second kappa shape index (κ2) is 7.58. The van der Waals surface area contributed by atoms with Gasteiger partial charge in [-0.2, -0.15) is 0 Å². The Balaban J connectivity index is 1.82. The molecule has 4 nitrogen and oxygen atoms in total. The Bertz CT molecular complexity index is 504. The molecule has 0 radical (unpaired) electrons. The van der Waals surface area contributed by atoms with Gasteiger partial charge in [-0.1, -0.05) is 12.1 Å². The number of carbonyl (C=O) groups is 1. The molecular weight excluding hydrogens is 283 g/mol. The lowest BCUT2D eigenvalue weighted by atomic mass is 9.93. The summed E-state index contributed by atoms with van der Waals surface area (Å²) < 4.78 is 18.9. The maximum atomic E-state index is 13.6. The van der Waals surface area contributed by atoms with E-state index in [2.05, 4.69) is 10.6 Å². The third-order valence-electron chi connectivity index (χ3n) is 4.28. The van der Waals surface area contributed by atoms with E-state index >= 15 is 0 Å². The average Bonchev–Trinajstić information content (AvgIpc) is 2.51. The second-order valence-corrected chi connectivity index (χ2v) is 6.11. The highest BCUT2D eigenvalue weighted by atomic mass is 19.1. The molecule has 0 bridgehead atoms. The van der Waals surface area contributed by atoms with Crippen LogP contribution in [0.25, 0.3) is 0 Å². The van der Waals surface area contributed by atoms with Gasteiger partial charge in [0.1, 0.15) is 5.82 Å². The van der Waals surface area contributed by atoms with Crippen molar-refractivity contribution in [1.29, 1.82) is 0 Å². The van der Waals surface area contributed by atoms with E-state index in [-0.39, 0.29) is 17.9 Å². The van der Waals surface area contributed by atoms with Gasteiger partial charge in [-0.15, -0.1) is 0 Å². The molecule has 2 rings (SSSR count). The summed E-state index contributed by atoms with van der Waals surface area (Å²) in [5.41, 5.74) is 2.12. The van der Waals surface area contributed by atoms with Gasteiger partial charge in [0.2, 0.25) is 0 Å². The first kappa shape index (κ1) is 16.7. The number of carbonyl (C=O) groups excluding carboxylic acids is 1. The number of aryl methyl sites for hydroxylation is 2. The van der Waals surface area contributed by atoms with Crippen LogP contribution in [0, 0.1) is 25.6 Å². The second-order valence-electron chi connectivity index (χ2n) is 6.11. The highest BCUT2D eigenvalue weighted by molar-refractivity contribution is 5.74. The molecule has 22 heavy (non-hydrogen) atoms. The van der Waals surface area contributed by atoms with Gasteiger partial charge in [-0.25, -0.2) is 9.18 Å². The molecule has 1 aliphatic rings. The van der Waals surface area contributed by atoms with Crippen molar-refractivity contribution < 1.29 is 13.9 Å². The zero-order valence-corrected chi connectivity index (χ0v) is 13.5. The molecule has 1 heterocycles. The van der Waals surface area contributed by atoms with Gasteiger partial charge in [0.25, 0.3) is 0 Å². The fourth-order valence-corrected chi connectivity index (χ4v) is 2.91. The van der Waals surface area contributed by atoms with Crippen LogP contribution in [0.2, 0.25) is 0 Å². The molecule has 1 saturated heterocycles. The summed E-state index contributed by atoms with van der Waals surface area (Å²) in [6.07, 6.45) is 1.97. The van der Waals surface area contributed by atoms with Crippen molar-refractivity contribution in [3.8, 4) is 0 Å². The van der Waals surface area contributed by atoms with Gasteiger partial charge >= 0.3 is 6.03 Å². The maximum Gasteiger partial charge on any atom is 0.315 e. The van der Waals surface area contributed by atoms with Gasteiger partial charge in [0, 0.05) is 25.8 Å². The molecule has 1 atom stereocenters. The molecule has 0 aliphatic carbocycles. The van der Waals surface area contributed by atoms with Crippen LogP contribution in [0.5, 0.6) is 0 Å². The van der Waals surface area contributed by atoms with Crippen LogP contribution in [0.15, 0.2) is 12.1 Å². The van der Waals surface area contributed by atoms with Gasteiger partial charge in [-0.05, 0) is 56.2 Å². The number of urea groups is 1. The molecule has 1 aromatic carbocycles. The zero-order chi connectivity index (χ0) is 16.1. The molecule has 122 valence electrons. The number of halogens is 1. The zero-order valence-electron chi connectivity index (χ0n) is 13.5. The van der Waals surface area contributed by atoms with E-state index in [0.717, 1.165) is 31.6 Å². The van der Waals surface area contributed by atoms with Crippen LogP contribution in [-0.4, -0.2) is 25.3 Å². The molecule has 1 fully saturated rings. The molecule has 2 N–H and O–H groups in total. The smallest absolute Gasteiger partial charge is 0.315 e. The predicted octanol–water partition coefficient (Wildman–Crippen LogP) is 3.06. The van der Waals surface area contributed by atoms with E-state index in [9.17, 15) is 9.18 Å². The largest absolute Gasteiger partial charge is 0.381 e. The lowest BCUT2D eigenvalue weighted by molar-refractivity contribution is 0.0571. The van der Waals surface area contributed by atoms with Crippen LogP contribution >= 0.6 is 0 Å². The predicted molar refractivity (Wildman–Crippen MR) is 84.3 cm³/mol. The van der Waals surface area contributed by atoms with Crippen LogP contribution < -0.4 is 10.6 Å². The van der Waals surface area contributed by atoms with Gasteiger partial charge in [0.15, 0.2) is 0 Å². The number of nitrogens with one attached hydrogen (secondary N) is 2. The number of benzene rings is 1. The summed E-state index contributed by atoms with van der Waals surface area (Å²) in [4.78, 5) is 12.0. The van der Waals surface area contributed by atoms with Crippen LogP contribution in [0.4, 0.5) is 9.18 Å². The lowest BCUT2D eigenvalue weighted by Gasteiger charge is -2.28. The standard InChI is InChI=1S/C17H25FN2O2/c1-11-8-14(9-12(2)16(11)18)10-19-17(21)20-13(3)15-4-6-22-7-5-15/h8-9,13,15H,4-7,10H2,1-3H3,(H2,19,20,21)/t13-/m1/s1. The third kappa shape index (κ3) is 4.44. The van der Waals surface area contributed by atoms with E-state index in [1.54, 1.807) is 26.0 Å². The minimum atomic E-state index is -0.182. The topological polar surface area (TPSA) is 50.4 Å². The van der Waals surface area contributed by atoms with E-state index in [0.29, 0.717) is 23.6 Å². The molecular formula is C17H25FN2O2. The summed E-state index contributed by atoms with van der Waals surface area (Å²) >= 11 is 0. The van der Waals surface area contributed by atoms with Crippen LogP contribution in [-0.2, 0) is 11.3 Å². The number of hydrogen-bond acceptors (Lipinski definition) is 2. The summed E-state index contributed by atoms with van der Waals surface area (Å²) in [5, 5.41) is 5.82. The van der Waals surface area contributed by atoms with Crippen molar-refractivity contribution in [2.75, 3.05) is 13.2 Å². The van der Waals surface area contributed by atoms with Crippen molar-refractivity contribution in [1.82, 2.24) is 10.6 Å². The first-order chi connectivity index (χ1) is 10.5. The average molecular weight is 308 g/mol. The Morgan fingerprint density at radius 1 is 1.32 bits per heavy atom. The molecule has 1 aromatic rings. The first-order valence-corrected chi connectivity index (χ1v) is 7.85. The Kier molecular flexibility index (Phi) is 5.77. The van der Waals surface area contributed by atoms with Crippen molar-refractivity contribution >= 4 is 6.03 Å². The fourth-order valence-electron chi connectivity index (χ4n) is 2.91. The van der Waals surface area contributed by atoms with Crippen LogP contribution in [0.3, 0.4) is 0 Å². The highest BCUT2D eigenvalue weighted by Crippen LogP contribution is 2.18. The molecule has 0 saturated carbocycles. The van der Waals surface area contributed by atoms with Crippen molar-refractivity contribution in [3.05, 3.63) is 34.6 Å². The third-order valence-corrected chi connectivity index (χ3v) is 4.28. The Morgan fingerprint density at radius 2 is 1.91 bits per heavy atom. The minimum absolute atomic E-state index is 0.126. The molecule has 1 aliphatic heterocycles. The Hall–Kier alpha value is -1.62. The Morgan fingerprint density at radius 3 is 2.50 bits per heavy atom. The summed E-state index contributed by atoms with van der Waals surface area (Å²) in [7, 11) is 0. The van der Waals surface area contributed by atoms with Gasteiger partial charge in [0.05, 0.1) is 0 Å². The molecule has 0 spiro atoms. The van der Waals surface area contributed by atoms with E-state index in [1.165, 1.54) is 0 Å². The number of amides is 2. The van der Waals surface area contributed by atoms with E-state index in [4.69, 9.17) is 4.74 Å². The highest BCUT2D eigenvalue weighted by Gasteiger charge is 2.21. The quantitative estimate of drug-likeness (QED) is 0.898. The maximum absolute atomic E-state index is 13.6. The summed E-state index contributed by atoms with van der Waals surface area (Å²) in [6.45, 7) is 7.44. The molecule has 0 unspecified atom stereocenters. The molecule has 2 amide bonds. The number of rotatable bonds is 4. The summed E-state index contributed by atoms with van der Waals surface area (Å²) in [6, 6.07) is 3.48. The minimum Gasteiger partial charge on any atom is -0.381 e. The SMILES string of the molecule is Cc1cc(CNC(=O)N[C@H](C)C2CCOCC2)cc(C)c1F. The van der Waals surface area contributed by atoms with Gasteiger partial charge in [-0.3, -0.25) is 0 Å². The normalized spacial score (nSPS) is 17.1. The number of hydrogen-bond donors (Lipinski definition) is 2. The van der Waals surface area contributed by atoms with E-state index < -0.39 is 0 Å². The Labute approximate surface area is 131 Å². The van der Waals surface area contributed by atoms with E-state index in [1.807, 2.05) is 6.92 Å². The summed E-state index contributed by atoms with van der Waals surface area (Å²) in [5.74, 6) is 0.288. The van der Waals surface area contributed by atoms with Crippen molar-refractivity contribution in [2.45, 2.75) is 46.2 Å².